The molecule has 1 fully saturated rings. The average Bonchev–Trinajstić information content (AvgIpc) is 2.99. The van der Waals surface area contributed by atoms with Crippen LogP contribution < -0.4 is 5.73 Å². The topological polar surface area (TPSA) is 26.0 Å². The lowest BCUT2D eigenvalue weighted by molar-refractivity contribution is 0.433. The average molecular weight is 203 g/mol. The Hall–Kier alpha value is -0.820. The van der Waals surface area contributed by atoms with Crippen LogP contribution in [0.15, 0.2) is 24.3 Å². The summed E-state index contributed by atoms with van der Waals surface area (Å²) in [6.45, 7) is 4.49. The van der Waals surface area contributed by atoms with Crippen LogP contribution in [-0.2, 0) is 12.8 Å². The lowest BCUT2D eigenvalue weighted by atomic mass is 9.93. The summed E-state index contributed by atoms with van der Waals surface area (Å²) >= 11 is 0. The Labute approximate surface area is 92.7 Å². The largest absolute Gasteiger partial charge is 0.327 e. The minimum Gasteiger partial charge on any atom is -0.327 e. The third-order valence-electron chi connectivity index (χ3n) is 3.82. The molecule has 2 N–H and O–H groups in total. The van der Waals surface area contributed by atoms with E-state index in [4.69, 9.17) is 5.73 Å². The van der Waals surface area contributed by atoms with E-state index in [1.54, 1.807) is 0 Å². The van der Waals surface area contributed by atoms with Crippen molar-refractivity contribution in [2.45, 2.75) is 45.6 Å². The van der Waals surface area contributed by atoms with Crippen LogP contribution in [0, 0.1) is 5.41 Å². The van der Waals surface area contributed by atoms with E-state index in [0.29, 0.717) is 11.5 Å². The predicted molar refractivity (Wildman–Crippen MR) is 64.8 cm³/mol. The summed E-state index contributed by atoms with van der Waals surface area (Å²) in [5.74, 6) is 0. The van der Waals surface area contributed by atoms with Crippen molar-refractivity contribution in [1.29, 1.82) is 0 Å². The maximum absolute atomic E-state index is 6.22. The van der Waals surface area contributed by atoms with Crippen LogP contribution >= 0.6 is 0 Å². The highest BCUT2D eigenvalue weighted by molar-refractivity contribution is 5.23. The Balaban J connectivity index is 1.98. The summed E-state index contributed by atoms with van der Waals surface area (Å²) in [7, 11) is 0. The van der Waals surface area contributed by atoms with Crippen LogP contribution in [0.25, 0.3) is 0 Å². The maximum Gasteiger partial charge on any atom is 0.0133 e. The van der Waals surface area contributed by atoms with Crippen molar-refractivity contribution in [3.8, 4) is 0 Å². The van der Waals surface area contributed by atoms with E-state index < -0.39 is 0 Å². The first-order valence-corrected chi connectivity index (χ1v) is 5.97. The zero-order valence-electron chi connectivity index (χ0n) is 9.79. The van der Waals surface area contributed by atoms with Crippen molar-refractivity contribution < 1.29 is 0 Å². The number of rotatable bonds is 4. The highest BCUT2D eigenvalue weighted by atomic mass is 14.7. The lowest BCUT2D eigenvalue weighted by Gasteiger charge is -2.18. The van der Waals surface area contributed by atoms with Gasteiger partial charge in [0.15, 0.2) is 0 Å². The third-order valence-corrected chi connectivity index (χ3v) is 3.82. The Morgan fingerprint density at radius 1 is 1.20 bits per heavy atom. The van der Waals surface area contributed by atoms with Crippen LogP contribution in [0.1, 0.15) is 37.8 Å². The highest BCUT2D eigenvalue weighted by Crippen LogP contribution is 2.48. The monoisotopic (exact) mass is 203 g/mol. The van der Waals surface area contributed by atoms with Crippen molar-refractivity contribution in [2.24, 2.45) is 11.1 Å². The second-order valence-electron chi connectivity index (χ2n) is 5.13. The molecule has 1 unspecified atom stereocenters. The summed E-state index contributed by atoms with van der Waals surface area (Å²) in [6.07, 6.45) is 4.76. The molecule has 0 aliphatic heterocycles. The van der Waals surface area contributed by atoms with Crippen LogP contribution in [0.5, 0.6) is 0 Å². The zero-order chi connectivity index (χ0) is 10.9. The van der Waals surface area contributed by atoms with Gasteiger partial charge in [-0.3, -0.25) is 0 Å². The van der Waals surface area contributed by atoms with Gasteiger partial charge in [0.25, 0.3) is 0 Å². The molecule has 0 amide bonds. The van der Waals surface area contributed by atoms with Gasteiger partial charge in [0.05, 0.1) is 0 Å². The summed E-state index contributed by atoms with van der Waals surface area (Å²) in [6, 6.07) is 9.23. The van der Waals surface area contributed by atoms with E-state index >= 15 is 0 Å². The van der Waals surface area contributed by atoms with Crippen LogP contribution in [0.3, 0.4) is 0 Å². The predicted octanol–water partition coefficient (Wildman–Crippen LogP) is 2.92. The van der Waals surface area contributed by atoms with Crippen LogP contribution in [-0.4, -0.2) is 6.04 Å². The van der Waals surface area contributed by atoms with Crippen molar-refractivity contribution in [1.82, 2.24) is 0 Å². The summed E-state index contributed by atoms with van der Waals surface area (Å²) in [5.41, 5.74) is 9.44. The van der Waals surface area contributed by atoms with Gasteiger partial charge in [-0.15, -0.1) is 0 Å². The van der Waals surface area contributed by atoms with E-state index in [-0.39, 0.29) is 0 Å². The molecule has 0 bridgehead atoms. The molecule has 1 atom stereocenters. The number of nitrogens with two attached hydrogens (primary N) is 1. The van der Waals surface area contributed by atoms with Crippen molar-refractivity contribution >= 4 is 0 Å². The van der Waals surface area contributed by atoms with Gasteiger partial charge in [-0.1, -0.05) is 38.1 Å². The number of hydrogen-bond donors (Lipinski definition) is 1. The van der Waals surface area contributed by atoms with E-state index in [0.717, 1.165) is 12.8 Å². The molecule has 1 aromatic carbocycles. The molecule has 2 rings (SSSR count). The second-order valence-corrected chi connectivity index (χ2v) is 5.13. The molecule has 0 spiro atoms. The molecule has 1 aromatic rings. The molecule has 82 valence electrons. The summed E-state index contributed by atoms with van der Waals surface area (Å²) < 4.78 is 0. The molecule has 0 radical (unpaired) electrons. The molecular weight excluding hydrogens is 182 g/mol. The van der Waals surface area contributed by atoms with Crippen LogP contribution in [0.4, 0.5) is 0 Å². The van der Waals surface area contributed by atoms with Gasteiger partial charge < -0.3 is 5.73 Å². The van der Waals surface area contributed by atoms with E-state index in [1.807, 2.05) is 0 Å². The molecule has 1 aliphatic rings. The number of benzene rings is 1. The summed E-state index contributed by atoms with van der Waals surface area (Å²) in [5, 5.41) is 0. The van der Waals surface area contributed by atoms with E-state index in [2.05, 4.69) is 38.1 Å². The zero-order valence-corrected chi connectivity index (χ0v) is 9.79. The molecule has 1 heteroatoms. The molecular formula is C14H21N. The standard InChI is InChI=1S/C14H21N/c1-3-11-4-6-12(7-5-11)10-13(15)14(2)8-9-14/h4-7,13H,3,8-10,15H2,1-2H3. The Kier molecular flexibility index (Phi) is 2.83. The SMILES string of the molecule is CCc1ccc(CC(N)C2(C)CC2)cc1. The Morgan fingerprint density at radius 3 is 2.20 bits per heavy atom. The molecule has 0 heterocycles. The van der Waals surface area contributed by atoms with Crippen molar-refractivity contribution in [3.63, 3.8) is 0 Å². The molecule has 15 heavy (non-hydrogen) atoms. The van der Waals surface area contributed by atoms with Crippen molar-refractivity contribution in [2.75, 3.05) is 0 Å². The molecule has 0 aromatic heterocycles. The first-order valence-electron chi connectivity index (χ1n) is 5.97. The first-order chi connectivity index (χ1) is 7.14. The maximum atomic E-state index is 6.22. The molecule has 0 saturated heterocycles. The normalized spacial score (nSPS) is 19.9. The van der Waals surface area contributed by atoms with Gasteiger partial charge in [0, 0.05) is 6.04 Å². The minimum absolute atomic E-state index is 0.338. The summed E-state index contributed by atoms with van der Waals surface area (Å²) in [4.78, 5) is 0. The first kappa shape index (κ1) is 10.7. The highest BCUT2D eigenvalue weighted by Gasteiger charge is 2.42. The number of hydrogen-bond acceptors (Lipinski definition) is 1. The number of aryl methyl sites for hydroxylation is 1. The van der Waals surface area contributed by atoms with Crippen LogP contribution in [0.2, 0.25) is 0 Å². The fourth-order valence-corrected chi connectivity index (χ4v) is 1.98. The Morgan fingerprint density at radius 2 is 1.73 bits per heavy atom. The van der Waals surface area contributed by atoms with Crippen molar-refractivity contribution in [3.05, 3.63) is 35.4 Å². The smallest absolute Gasteiger partial charge is 0.0133 e. The fourth-order valence-electron chi connectivity index (χ4n) is 1.98. The lowest BCUT2D eigenvalue weighted by Crippen LogP contribution is -2.31. The molecule has 1 saturated carbocycles. The molecule has 1 nitrogen and oxygen atoms in total. The van der Waals surface area contributed by atoms with Gasteiger partial charge in [-0.2, -0.15) is 0 Å². The fraction of sp³-hybridized carbons (Fsp3) is 0.571. The Bertz CT molecular complexity index is 322. The molecule has 1 aliphatic carbocycles. The van der Waals surface area contributed by atoms with Gasteiger partial charge in [0.2, 0.25) is 0 Å². The van der Waals surface area contributed by atoms with Gasteiger partial charge in [0.1, 0.15) is 0 Å². The minimum atomic E-state index is 0.338. The van der Waals surface area contributed by atoms with Gasteiger partial charge in [-0.05, 0) is 42.2 Å². The van der Waals surface area contributed by atoms with Gasteiger partial charge >= 0.3 is 0 Å². The van der Waals surface area contributed by atoms with Gasteiger partial charge in [-0.25, -0.2) is 0 Å². The third kappa shape index (κ3) is 2.40. The van der Waals surface area contributed by atoms with E-state index in [1.165, 1.54) is 24.0 Å². The quantitative estimate of drug-likeness (QED) is 0.800. The second kappa shape index (κ2) is 3.97. The van der Waals surface area contributed by atoms with E-state index in [9.17, 15) is 0 Å².